The Kier molecular flexibility index (Phi) is 7.06. The Bertz CT molecular complexity index is 1180. The van der Waals surface area contributed by atoms with Crippen LogP contribution in [-0.4, -0.2) is 27.6 Å². The van der Waals surface area contributed by atoms with Crippen molar-refractivity contribution in [3.63, 3.8) is 0 Å². The number of hydrogen-bond donors (Lipinski definition) is 1. The summed E-state index contributed by atoms with van der Waals surface area (Å²) in [5.74, 6) is -0.217. The maximum Gasteiger partial charge on any atom is 0.339 e. The molecular weight excluding hydrogens is 519 g/mol. The van der Waals surface area contributed by atoms with Gasteiger partial charge in [-0.2, -0.15) is 13.5 Å². The molecule has 3 aromatic rings. The minimum absolute atomic E-state index is 0.00535. The maximum atomic E-state index is 12.6. The van der Waals surface area contributed by atoms with Gasteiger partial charge in [0.15, 0.2) is 11.5 Å². The zero-order valence-electron chi connectivity index (χ0n) is 15.8. The van der Waals surface area contributed by atoms with Crippen molar-refractivity contribution in [2.45, 2.75) is 4.90 Å². The predicted molar refractivity (Wildman–Crippen MR) is 121 cm³/mol. The monoisotopic (exact) mass is 536 g/mol. The molecule has 30 heavy (non-hydrogen) atoms. The molecule has 1 N–H and O–H groups in total. The van der Waals surface area contributed by atoms with Gasteiger partial charge in [0, 0.05) is 14.7 Å². The van der Waals surface area contributed by atoms with Crippen LogP contribution in [0.3, 0.4) is 0 Å². The molecule has 0 aliphatic carbocycles. The molecule has 0 aromatic heterocycles. The molecule has 3 aromatic carbocycles. The second-order valence-corrected chi connectivity index (χ2v) is 8.73. The number of carbonyl (C=O) groups excluding carboxylic acids is 1. The molecule has 0 radical (unpaired) electrons. The number of halogens is 1. The third-order valence-electron chi connectivity index (χ3n) is 3.91. The quantitative estimate of drug-likeness (QED) is 0.215. The van der Waals surface area contributed by atoms with Crippen LogP contribution in [0.2, 0.25) is 0 Å². The summed E-state index contributed by atoms with van der Waals surface area (Å²) in [6.45, 7) is 0. The second kappa shape index (κ2) is 9.72. The molecule has 0 saturated heterocycles. The van der Waals surface area contributed by atoms with E-state index in [1.807, 2.05) is 6.07 Å². The Hall–Kier alpha value is -2.92. The van der Waals surface area contributed by atoms with Crippen LogP contribution in [0.1, 0.15) is 15.9 Å². The van der Waals surface area contributed by atoms with Gasteiger partial charge in [0.05, 0.1) is 13.3 Å². The molecular formula is C21H17IN2O5S. The van der Waals surface area contributed by atoms with Gasteiger partial charge in [-0.05, 0) is 65.1 Å². The number of carbonyl (C=O) groups is 1. The maximum absolute atomic E-state index is 12.6. The molecule has 0 heterocycles. The van der Waals surface area contributed by atoms with Crippen molar-refractivity contribution in [1.82, 2.24) is 5.43 Å². The van der Waals surface area contributed by atoms with Crippen LogP contribution in [0.15, 0.2) is 82.8 Å². The van der Waals surface area contributed by atoms with E-state index in [4.69, 9.17) is 8.92 Å². The lowest BCUT2D eigenvalue weighted by molar-refractivity contribution is 0.0955. The van der Waals surface area contributed by atoms with Gasteiger partial charge >= 0.3 is 10.1 Å². The summed E-state index contributed by atoms with van der Waals surface area (Å²) in [6.07, 6.45) is 1.30. The van der Waals surface area contributed by atoms with Crippen molar-refractivity contribution in [3.05, 3.63) is 87.5 Å². The summed E-state index contributed by atoms with van der Waals surface area (Å²) in [5, 5.41) is 3.93. The lowest BCUT2D eigenvalue weighted by atomic mass is 10.2. The smallest absolute Gasteiger partial charge is 0.339 e. The number of rotatable bonds is 7. The molecule has 9 heteroatoms. The molecule has 0 unspecified atom stereocenters. The van der Waals surface area contributed by atoms with Crippen molar-refractivity contribution >= 4 is 44.8 Å². The molecule has 0 atom stereocenters. The van der Waals surface area contributed by atoms with Gasteiger partial charge in [-0.15, -0.1) is 0 Å². The number of amides is 1. The van der Waals surface area contributed by atoms with E-state index in [1.165, 1.54) is 25.5 Å². The highest BCUT2D eigenvalue weighted by Gasteiger charge is 2.21. The van der Waals surface area contributed by atoms with Crippen LogP contribution >= 0.6 is 22.6 Å². The van der Waals surface area contributed by atoms with E-state index in [9.17, 15) is 13.2 Å². The minimum Gasteiger partial charge on any atom is -0.493 e. The Morgan fingerprint density at radius 2 is 1.77 bits per heavy atom. The van der Waals surface area contributed by atoms with E-state index in [2.05, 4.69) is 33.1 Å². The molecule has 0 fully saturated rings. The van der Waals surface area contributed by atoms with Crippen molar-refractivity contribution in [2.75, 3.05) is 7.11 Å². The molecule has 154 valence electrons. The number of para-hydroxylation sites is 1. The number of benzene rings is 3. The van der Waals surface area contributed by atoms with Gasteiger partial charge in [-0.25, -0.2) is 5.43 Å². The van der Waals surface area contributed by atoms with Crippen LogP contribution in [0.4, 0.5) is 0 Å². The Morgan fingerprint density at radius 1 is 1.03 bits per heavy atom. The van der Waals surface area contributed by atoms with E-state index in [-0.39, 0.29) is 16.4 Å². The average Bonchev–Trinajstić information content (AvgIpc) is 2.75. The van der Waals surface area contributed by atoms with Gasteiger partial charge in [-0.3, -0.25) is 4.79 Å². The number of methoxy groups -OCH3 is 1. The highest BCUT2D eigenvalue weighted by atomic mass is 127. The average molecular weight is 536 g/mol. The fourth-order valence-electron chi connectivity index (χ4n) is 2.48. The fourth-order valence-corrected chi connectivity index (χ4v) is 4.01. The number of ether oxygens (including phenoxy) is 1. The lowest BCUT2D eigenvalue weighted by Crippen LogP contribution is -2.18. The first kappa shape index (κ1) is 21.8. The number of hydrazone groups is 1. The molecule has 3 rings (SSSR count). The van der Waals surface area contributed by atoms with Gasteiger partial charge in [0.1, 0.15) is 4.90 Å². The first-order valence-electron chi connectivity index (χ1n) is 8.66. The van der Waals surface area contributed by atoms with E-state index in [0.29, 0.717) is 11.1 Å². The summed E-state index contributed by atoms with van der Waals surface area (Å²) >= 11 is 2.11. The van der Waals surface area contributed by atoms with Gasteiger partial charge in [-0.1, -0.05) is 30.3 Å². The van der Waals surface area contributed by atoms with Crippen LogP contribution < -0.4 is 14.3 Å². The summed E-state index contributed by atoms with van der Waals surface area (Å²) < 4.78 is 36.8. The largest absolute Gasteiger partial charge is 0.493 e. The molecule has 0 spiro atoms. The van der Waals surface area contributed by atoms with Gasteiger partial charge in [0.25, 0.3) is 5.91 Å². The zero-order chi connectivity index (χ0) is 21.6. The summed E-state index contributed by atoms with van der Waals surface area (Å²) in [5.41, 5.74) is 3.18. The predicted octanol–water partition coefficient (Wildman–Crippen LogP) is 3.83. The topological polar surface area (TPSA) is 94.1 Å². The number of nitrogens with one attached hydrogen (secondary N) is 1. The lowest BCUT2D eigenvalue weighted by Gasteiger charge is -2.13. The molecule has 0 saturated carbocycles. The number of hydrogen-bond acceptors (Lipinski definition) is 6. The molecule has 0 bridgehead atoms. The second-order valence-electron chi connectivity index (χ2n) is 5.94. The Morgan fingerprint density at radius 3 is 2.47 bits per heavy atom. The third-order valence-corrected chi connectivity index (χ3v) is 5.82. The fraction of sp³-hybridized carbons (Fsp3) is 0.0476. The van der Waals surface area contributed by atoms with E-state index >= 15 is 0 Å². The Balaban J connectivity index is 1.85. The highest BCUT2D eigenvalue weighted by molar-refractivity contribution is 14.1. The van der Waals surface area contributed by atoms with Crippen molar-refractivity contribution in [3.8, 4) is 11.5 Å². The molecule has 0 aliphatic heterocycles. The van der Waals surface area contributed by atoms with Crippen molar-refractivity contribution in [2.24, 2.45) is 5.10 Å². The standard InChI is InChI=1S/C21H17IN2O5S/c1-28-19-12-6-8-16(14-23-24-21(25)15-7-5-9-17(22)13-15)20(19)29-30(26,27)18-10-3-2-4-11-18/h2-14H,1H3,(H,24,25)/b23-14-. The van der Waals surface area contributed by atoms with Crippen LogP contribution in [0, 0.1) is 3.57 Å². The van der Waals surface area contributed by atoms with E-state index < -0.39 is 16.0 Å². The van der Waals surface area contributed by atoms with Crippen LogP contribution in [-0.2, 0) is 10.1 Å². The summed E-state index contributed by atoms with van der Waals surface area (Å²) in [6, 6.07) is 19.6. The van der Waals surface area contributed by atoms with Crippen LogP contribution in [0.5, 0.6) is 11.5 Å². The van der Waals surface area contributed by atoms with Crippen LogP contribution in [0.25, 0.3) is 0 Å². The van der Waals surface area contributed by atoms with Gasteiger partial charge in [0.2, 0.25) is 0 Å². The molecule has 1 amide bonds. The Labute approximate surface area is 188 Å². The third kappa shape index (κ3) is 5.36. The highest BCUT2D eigenvalue weighted by Crippen LogP contribution is 2.32. The van der Waals surface area contributed by atoms with E-state index in [0.717, 1.165) is 3.57 Å². The zero-order valence-corrected chi connectivity index (χ0v) is 18.8. The van der Waals surface area contributed by atoms with Crippen molar-refractivity contribution in [1.29, 1.82) is 0 Å². The molecule has 0 aliphatic rings. The van der Waals surface area contributed by atoms with Gasteiger partial charge < -0.3 is 8.92 Å². The minimum atomic E-state index is -4.09. The first-order valence-corrected chi connectivity index (χ1v) is 11.1. The normalized spacial score (nSPS) is 11.3. The first-order chi connectivity index (χ1) is 14.4. The van der Waals surface area contributed by atoms with E-state index in [1.54, 1.807) is 54.6 Å². The summed E-state index contributed by atoms with van der Waals surface area (Å²) in [4.78, 5) is 12.2. The SMILES string of the molecule is COc1cccc(/C=N\NC(=O)c2cccc(I)c2)c1OS(=O)(=O)c1ccccc1. The van der Waals surface area contributed by atoms with Crippen molar-refractivity contribution < 1.29 is 22.1 Å². The summed E-state index contributed by atoms with van der Waals surface area (Å²) in [7, 11) is -2.69. The molecule has 7 nitrogen and oxygen atoms in total. The number of nitrogens with zero attached hydrogens (tertiary/aromatic N) is 1.